The zero-order valence-electron chi connectivity index (χ0n) is 8.86. The van der Waals surface area contributed by atoms with Crippen molar-refractivity contribution in [2.24, 2.45) is 0 Å². The van der Waals surface area contributed by atoms with Crippen LogP contribution in [-0.4, -0.2) is 12.8 Å². The number of hydrogen-bond acceptors (Lipinski definition) is 4. The summed E-state index contributed by atoms with van der Waals surface area (Å²) in [6, 6.07) is 7.29. The number of carbonyl (C=O) groups is 1. The Bertz CT molecular complexity index is 322. The zero-order valence-corrected chi connectivity index (χ0v) is 8.86. The van der Waals surface area contributed by atoms with Crippen LogP contribution in [0.15, 0.2) is 24.3 Å². The zero-order chi connectivity index (χ0) is 11.1. The molecule has 1 aromatic carbocycles. The van der Waals surface area contributed by atoms with Crippen molar-refractivity contribution in [3.05, 3.63) is 29.8 Å². The first-order chi connectivity index (χ1) is 7.27. The lowest BCUT2D eigenvalue weighted by molar-refractivity contribution is -0.244. The molecule has 0 aliphatic carbocycles. The summed E-state index contributed by atoms with van der Waals surface area (Å²) in [6.07, 6.45) is -0.0595. The van der Waals surface area contributed by atoms with Crippen LogP contribution in [-0.2, 0) is 16.2 Å². The van der Waals surface area contributed by atoms with Crippen LogP contribution in [0.1, 0.15) is 19.4 Å². The highest BCUT2D eigenvalue weighted by molar-refractivity contribution is 5.63. The van der Waals surface area contributed by atoms with E-state index in [2.05, 4.69) is 9.78 Å². The summed E-state index contributed by atoms with van der Waals surface area (Å²) in [5, 5.41) is 0. The Morgan fingerprint density at radius 2 is 2.00 bits per heavy atom. The van der Waals surface area contributed by atoms with Gasteiger partial charge in [-0.25, -0.2) is 4.79 Å². The minimum atomic E-state index is -0.849. The standard InChI is InChI=1S/C11H14O4/c1-3-9-7-5-6-8-10(9)14-11(12)15-13-4-2/h5-8H,3-4H2,1-2H3. The Morgan fingerprint density at radius 1 is 1.27 bits per heavy atom. The van der Waals surface area contributed by atoms with Crippen molar-refractivity contribution in [2.45, 2.75) is 20.3 Å². The second kappa shape index (κ2) is 6.03. The van der Waals surface area contributed by atoms with Gasteiger partial charge in [0.25, 0.3) is 0 Å². The van der Waals surface area contributed by atoms with Crippen LogP contribution in [0.5, 0.6) is 5.75 Å². The number of para-hydroxylation sites is 1. The number of benzene rings is 1. The van der Waals surface area contributed by atoms with Gasteiger partial charge in [0.05, 0.1) is 6.61 Å². The predicted molar refractivity (Wildman–Crippen MR) is 54.6 cm³/mol. The van der Waals surface area contributed by atoms with Gasteiger partial charge in [-0.3, -0.25) is 4.89 Å². The minimum absolute atomic E-state index is 0.296. The molecule has 0 fully saturated rings. The molecule has 0 unspecified atom stereocenters. The van der Waals surface area contributed by atoms with E-state index in [4.69, 9.17) is 4.74 Å². The van der Waals surface area contributed by atoms with Gasteiger partial charge in [0.2, 0.25) is 0 Å². The Hall–Kier alpha value is -1.55. The fourth-order valence-corrected chi connectivity index (χ4v) is 1.11. The lowest BCUT2D eigenvalue weighted by atomic mass is 10.1. The molecule has 0 aromatic heterocycles. The second-order valence-electron chi connectivity index (χ2n) is 2.80. The summed E-state index contributed by atoms with van der Waals surface area (Å²) < 4.78 is 4.95. The molecule has 82 valence electrons. The molecular formula is C11H14O4. The summed E-state index contributed by atoms with van der Waals surface area (Å²) in [4.78, 5) is 19.9. The molecule has 4 nitrogen and oxygen atoms in total. The molecule has 0 amide bonds. The topological polar surface area (TPSA) is 44.8 Å². The van der Waals surface area contributed by atoms with E-state index < -0.39 is 6.16 Å². The van der Waals surface area contributed by atoms with Crippen molar-refractivity contribution in [1.82, 2.24) is 0 Å². The molecule has 0 saturated carbocycles. The van der Waals surface area contributed by atoms with Gasteiger partial charge in [-0.1, -0.05) is 25.1 Å². The van der Waals surface area contributed by atoms with Crippen LogP contribution < -0.4 is 4.74 Å². The van der Waals surface area contributed by atoms with Crippen LogP contribution in [0, 0.1) is 0 Å². The van der Waals surface area contributed by atoms with E-state index in [9.17, 15) is 4.79 Å². The average Bonchev–Trinajstić information content (AvgIpc) is 2.27. The Balaban J connectivity index is 2.59. The smallest absolute Gasteiger partial charge is 0.393 e. The average molecular weight is 210 g/mol. The van der Waals surface area contributed by atoms with E-state index >= 15 is 0 Å². The summed E-state index contributed by atoms with van der Waals surface area (Å²) in [7, 11) is 0. The number of rotatable bonds is 4. The van der Waals surface area contributed by atoms with Crippen molar-refractivity contribution in [3.63, 3.8) is 0 Å². The third-order valence-electron chi connectivity index (χ3n) is 1.79. The van der Waals surface area contributed by atoms with E-state index in [1.807, 2.05) is 19.1 Å². The SMILES string of the molecule is CCOOC(=O)Oc1ccccc1CC. The molecule has 0 bridgehead atoms. The van der Waals surface area contributed by atoms with Crippen LogP contribution in [0.25, 0.3) is 0 Å². The first-order valence-corrected chi connectivity index (χ1v) is 4.87. The largest absolute Gasteiger partial charge is 0.546 e. The molecular weight excluding hydrogens is 196 g/mol. The Morgan fingerprint density at radius 3 is 2.67 bits per heavy atom. The number of aryl methyl sites for hydroxylation is 1. The van der Waals surface area contributed by atoms with Crippen LogP contribution in [0.4, 0.5) is 4.79 Å². The van der Waals surface area contributed by atoms with Gasteiger partial charge in [-0.15, -0.1) is 0 Å². The van der Waals surface area contributed by atoms with Gasteiger partial charge in [-0.2, -0.15) is 4.89 Å². The molecule has 1 rings (SSSR count). The summed E-state index contributed by atoms with van der Waals surface area (Å²) in [6.45, 7) is 3.99. The van der Waals surface area contributed by atoms with E-state index in [-0.39, 0.29) is 0 Å². The molecule has 0 radical (unpaired) electrons. The van der Waals surface area contributed by atoms with Crippen LogP contribution in [0.2, 0.25) is 0 Å². The first kappa shape index (κ1) is 11.5. The fourth-order valence-electron chi connectivity index (χ4n) is 1.11. The molecule has 4 heteroatoms. The van der Waals surface area contributed by atoms with Crippen molar-refractivity contribution in [3.8, 4) is 5.75 Å². The minimum Gasteiger partial charge on any atom is -0.393 e. The van der Waals surface area contributed by atoms with Crippen molar-refractivity contribution >= 4 is 6.16 Å². The molecule has 15 heavy (non-hydrogen) atoms. The highest BCUT2D eigenvalue weighted by atomic mass is 17.2. The van der Waals surface area contributed by atoms with Gasteiger partial charge in [0, 0.05) is 0 Å². The lowest BCUT2D eigenvalue weighted by Crippen LogP contribution is -2.11. The molecule has 0 atom stereocenters. The molecule has 0 aliphatic heterocycles. The number of hydrogen-bond donors (Lipinski definition) is 0. The molecule has 0 saturated heterocycles. The molecule has 0 N–H and O–H groups in total. The highest BCUT2D eigenvalue weighted by Crippen LogP contribution is 2.18. The Kier molecular flexibility index (Phi) is 4.63. The maximum atomic E-state index is 11.1. The van der Waals surface area contributed by atoms with Crippen molar-refractivity contribution in [2.75, 3.05) is 6.61 Å². The number of carbonyl (C=O) groups excluding carboxylic acids is 1. The molecule has 0 aliphatic rings. The van der Waals surface area contributed by atoms with E-state index in [0.29, 0.717) is 12.4 Å². The van der Waals surface area contributed by atoms with Gasteiger partial charge in [-0.05, 0) is 25.0 Å². The molecule has 1 aromatic rings. The quantitative estimate of drug-likeness (QED) is 0.332. The predicted octanol–water partition coefficient (Wildman–Crippen LogP) is 2.72. The monoisotopic (exact) mass is 210 g/mol. The van der Waals surface area contributed by atoms with Crippen LogP contribution >= 0.6 is 0 Å². The Labute approximate surface area is 88.7 Å². The fraction of sp³-hybridized carbons (Fsp3) is 0.364. The van der Waals surface area contributed by atoms with Crippen molar-refractivity contribution in [1.29, 1.82) is 0 Å². The third-order valence-corrected chi connectivity index (χ3v) is 1.79. The van der Waals surface area contributed by atoms with Gasteiger partial charge in [0.1, 0.15) is 5.75 Å². The summed E-state index contributed by atoms with van der Waals surface area (Å²) >= 11 is 0. The molecule has 0 spiro atoms. The maximum absolute atomic E-state index is 11.1. The van der Waals surface area contributed by atoms with Gasteiger partial charge < -0.3 is 4.74 Å². The van der Waals surface area contributed by atoms with E-state index in [1.54, 1.807) is 19.1 Å². The lowest BCUT2D eigenvalue weighted by Gasteiger charge is -2.07. The van der Waals surface area contributed by atoms with Crippen molar-refractivity contribution < 1.29 is 19.3 Å². The van der Waals surface area contributed by atoms with Crippen LogP contribution in [0.3, 0.4) is 0 Å². The summed E-state index contributed by atoms with van der Waals surface area (Å²) in [5.41, 5.74) is 0.950. The van der Waals surface area contributed by atoms with Gasteiger partial charge >= 0.3 is 6.16 Å². The normalized spacial score (nSPS) is 9.73. The first-order valence-electron chi connectivity index (χ1n) is 4.87. The number of ether oxygens (including phenoxy) is 1. The molecule has 0 heterocycles. The van der Waals surface area contributed by atoms with E-state index in [0.717, 1.165) is 12.0 Å². The maximum Gasteiger partial charge on any atom is 0.546 e. The summed E-state index contributed by atoms with van der Waals surface area (Å²) in [5.74, 6) is 0.504. The highest BCUT2D eigenvalue weighted by Gasteiger charge is 2.09. The third kappa shape index (κ3) is 3.59. The van der Waals surface area contributed by atoms with Gasteiger partial charge in [0.15, 0.2) is 0 Å². The van der Waals surface area contributed by atoms with E-state index in [1.165, 1.54) is 0 Å². The second-order valence-corrected chi connectivity index (χ2v) is 2.80.